The Morgan fingerprint density at radius 1 is 1.29 bits per heavy atom. The van der Waals surface area contributed by atoms with Crippen LogP contribution in [-0.4, -0.2) is 27.1 Å². The van der Waals surface area contributed by atoms with Gasteiger partial charge in [-0.15, -0.1) is 0 Å². The van der Waals surface area contributed by atoms with E-state index < -0.39 is 5.56 Å². The number of benzene rings is 1. The molecule has 0 radical (unpaired) electrons. The highest BCUT2D eigenvalue weighted by Gasteiger charge is 2.17. The fraction of sp³-hybridized carbons (Fsp3) is 0.353. The molecule has 2 rings (SSSR count). The molecule has 0 aliphatic heterocycles. The van der Waals surface area contributed by atoms with E-state index in [1.165, 1.54) is 23.1 Å². The standard InChI is InChI=1S/C17H19ClFN3O2/c1-2-3-10-21(11-13-6-4-5-7-14(13)19)17(24)12-22-16(23)9-8-15(18)20-22/h4-9H,2-3,10-12H2,1H3. The molecule has 0 unspecified atom stereocenters. The van der Waals surface area contributed by atoms with Crippen molar-refractivity contribution in [3.8, 4) is 0 Å². The SMILES string of the molecule is CCCCN(Cc1ccccc1F)C(=O)Cn1nc(Cl)ccc1=O. The van der Waals surface area contributed by atoms with E-state index in [0.29, 0.717) is 12.1 Å². The van der Waals surface area contributed by atoms with Gasteiger partial charge < -0.3 is 4.90 Å². The Labute approximate surface area is 144 Å². The van der Waals surface area contributed by atoms with Crippen LogP contribution in [0.25, 0.3) is 0 Å². The molecule has 0 atom stereocenters. The van der Waals surface area contributed by atoms with Crippen molar-refractivity contribution < 1.29 is 9.18 Å². The quantitative estimate of drug-likeness (QED) is 0.770. The van der Waals surface area contributed by atoms with Gasteiger partial charge in [0.25, 0.3) is 5.56 Å². The summed E-state index contributed by atoms with van der Waals surface area (Å²) in [4.78, 5) is 25.9. The monoisotopic (exact) mass is 351 g/mol. The highest BCUT2D eigenvalue weighted by molar-refractivity contribution is 6.29. The molecule has 0 fully saturated rings. The second-order valence-corrected chi connectivity index (χ2v) is 5.80. The first-order valence-electron chi connectivity index (χ1n) is 7.76. The van der Waals surface area contributed by atoms with Crippen molar-refractivity contribution in [1.29, 1.82) is 0 Å². The fourth-order valence-electron chi connectivity index (χ4n) is 2.24. The molecule has 7 heteroatoms. The maximum atomic E-state index is 13.9. The summed E-state index contributed by atoms with van der Waals surface area (Å²) in [6.45, 7) is 2.42. The molecule has 0 aliphatic carbocycles. The summed E-state index contributed by atoms with van der Waals surface area (Å²) in [6.07, 6.45) is 1.69. The van der Waals surface area contributed by atoms with Gasteiger partial charge in [-0.2, -0.15) is 5.10 Å². The van der Waals surface area contributed by atoms with Crippen LogP contribution in [0.1, 0.15) is 25.3 Å². The number of amides is 1. The molecule has 0 spiro atoms. The van der Waals surface area contributed by atoms with Crippen molar-refractivity contribution in [3.63, 3.8) is 0 Å². The summed E-state index contributed by atoms with van der Waals surface area (Å²) < 4.78 is 14.9. The van der Waals surface area contributed by atoms with E-state index in [2.05, 4.69) is 5.10 Å². The Hall–Kier alpha value is -2.21. The Balaban J connectivity index is 2.17. The molecular weight excluding hydrogens is 333 g/mol. The number of nitrogens with zero attached hydrogens (tertiary/aromatic N) is 3. The Morgan fingerprint density at radius 3 is 2.75 bits per heavy atom. The third-order valence-corrected chi connectivity index (χ3v) is 3.77. The molecule has 1 aromatic carbocycles. The van der Waals surface area contributed by atoms with E-state index in [1.54, 1.807) is 18.2 Å². The number of unbranched alkanes of at least 4 members (excludes halogenated alkanes) is 1. The Kier molecular flexibility index (Phi) is 6.49. The molecule has 0 aliphatic rings. The van der Waals surface area contributed by atoms with Gasteiger partial charge in [-0.1, -0.05) is 43.1 Å². The number of aromatic nitrogens is 2. The van der Waals surface area contributed by atoms with Gasteiger partial charge in [-0.05, 0) is 18.6 Å². The molecule has 0 bridgehead atoms. The summed E-state index contributed by atoms with van der Waals surface area (Å²) in [5, 5.41) is 3.98. The molecule has 0 N–H and O–H groups in total. The molecule has 24 heavy (non-hydrogen) atoms. The summed E-state index contributed by atoms with van der Waals surface area (Å²) in [5.41, 5.74) is 0.0300. The largest absolute Gasteiger partial charge is 0.337 e. The number of hydrogen-bond acceptors (Lipinski definition) is 3. The van der Waals surface area contributed by atoms with Crippen molar-refractivity contribution in [3.05, 3.63) is 63.3 Å². The minimum absolute atomic E-state index is 0.136. The minimum Gasteiger partial charge on any atom is -0.337 e. The summed E-state index contributed by atoms with van der Waals surface area (Å²) in [7, 11) is 0. The summed E-state index contributed by atoms with van der Waals surface area (Å²) in [6, 6.07) is 8.97. The van der Waals surface area contributed by atoms with Crippen molar-refractivity contribution in [2.45, 2.75) is 32.9 Å². The molecule has 0 saturated carbocycles. The molecule has 1 amide bonds. The molecule has 0 saturated heterocycles. The van der Waals surface area contributed by atoms with Crippen LogP contribution in [0.5, 0.6) is 0 Å². The number of halogens is 2. The zero-order valence-electron chi connectivity index (χ0n) is 13.4. The minimum atomic E-state index is -0.408. The molecule has 5 nitrogen and oxygen atoms in total. The molecular formula is C17H19ClFN3O2. The van der Waals surface area contributed by atoms with Crippen LogP contribution in [0.2, 0.25) is 5.15 Å². The van der Waals surface area contributed by atoms with Gasteiger partial charge in [0.05, 0.1) is 0 Å². The first kappa shape index (κ1) is 18.1. The maximum absolute atomic E-state index is 13.9. The lowest BCUT2D eigenvalue weighted by Crippen LogP contribution is -2.37. The molecule has 1 heterocycles. The fourth-order valence-corrected chi connectivity index (χ4v) is 2.39. The lowest BCUT2D eigenvalue weighted by Gasteiger charge is -2.23. The van der Waals surface area contributed by atoms with E-state index in [-0.39, 0.29) is 30.0 Å². The number of rotatable bonds is 7. The molecule has 128 valence electrons. The van der Waals surface area contributed by atoms with E-state index >= 15 is 0 Å². The number of carbonyl (C=O) groups excluding carboxylic acids is 1. The Bertz CT molecular complexity index is 763. The lowest BCUT2D eigenvalue weighted by molar-refractivity contribution is -0.132. The van der Waals surface area contributed by atoms with Crippen LogP contribution in [-0.2, 0) is 17.9 Å². The summed E-state index contributed by atoms with van der Waals surface area (Å²) in [5.74, 6) is -0.659. The zero-order chi connectivity index (χ0) is 17.5. The van der Waals surface area contributed by atoms with Gasteiger partial charge in [0, 0.05) is 24.7 Å². The van der Waals surface area contributed by atoms with Crippen LogP contribution in [0, 0.1) is 5.82 Å². The van der Waals surface area contributed by atoms with Crippen molar-refractivity contribution >= 4 is 17.5 Å². The third kappa shape index (κ3) is 4.89. The van der Waals surface area contributed by atoms with Crippen LogP contribution < -0.4 is 5.56 Å². The highest BCUT2D eigenvalue weighted by Crippen LogP contribution is 2.11. The number of hydrogen-bond donors (Lipinski definition) is 0. The highest BCUT2D eigenvalue weighted by atomic mass is 35.5. The second-order valence-electron chi connectivity index (χ2n) is 5.41. The molecule has 2 aromatic rings. The van der Waals surface area contributed by atoms with Gasteiger partial charge >= 0.3 is 0 Å². The smallest absolute Gasteiger partial charge is 0.267 e. The van der Waals surface area contributed by atoms with Crippen LogP contribution >= 0.6 is 11.6 Å². The van der Waals surface area contributed by atoms with Gasteiger partial charge in [0.2, 0.25) is 5.91 Å². The molecule has 1 aromatic heterocycles. The first-order chi connectivity index (χ1) is 11.5. The van der Waals surface area contributed by atoms with Gasteiger partial charge in [0.1, 0.15) is 17.5 Å². The number of carbonyl (C=O) groups is 1. The Morgan fingerprint density at radius 2 is 2.04 bits per heavy atom. The maximum Gasteiger partial charge on any atom is 0.267 e. The van der Waals surface area contributed by atoms with E-state index in [0.717, 1.165) is 17.5 Å². The average Bonchev–Trinajstić information content (AvgIpc) is 2.56. The van der Waals surface area contributed by atoms with Gasteiger partial charge in [0.15, 0.2) is 0 Å². The third-order valence-electron chi connectivity index (χ3n) is 3.57. The van der Waals surface area contributed by atoms with Crippen LogP contribution in [0.3, 0.4) is 0 Å². The van der Waals surface area contributed by atoms with E-state index in [1.807, 2.05) is 6.92 Å². The van der Waals surface area contributed by atoms with Gasteiger partial charge in [-0.3, -0.25) is 9.59 Å². The second kappa shape index (κ2) is 8.59. The van der Waals surface area contributed by atoms with Gasteiger partial charge in [-0.25, -0.2) is 9.07 Å². The predicted molar refractivity (Wildman–Crippen MR) is 90.2 cm³/mol. The van der Waals surface area contributed by atoms with Crippen molar-refractivity contribution in [1.82, 2.24) is 14.7 Å². The summed E-state index contributed by atoms with van der Waals surface area (Å²) >= 11 is 5.77. The predicted octanol–water partition coefficient (Wildman–Crippen LogP) is 2.86. The van der Waals surface area contributed by atoms with Crippen LogP contribution in [0.15, 0.2) is 41.2 Å². The normalized spacial score (nSPS) is 10.6. The first-order valence-corrected chi connectivity index (χ1v) is 8.14. The topological polar surface area (TPSA) is 55.2 Å². The van der Waals surface area contributed by atoms with E-state index in [9.17, 15) is 14.0 Å². The van der Waals surface area contributed by atoms with Crippen molar-refractivity contribution in [2.75, 3.05) is 6.54 Å². The van der Waals surface area contributed by atoms with Crippen LogP contribution in [0.4, 0.5) is 4.39 Å². The average molecular weight is 352 g/mol. The lowest BCUT2D eigenvalue weighted by atomic mass is 10.2. The van der Waals surface area contributed by atoms with E-state index in [4.69, 9.17) is 11.6 Å². The zero-order valence-corrected chi connectivity index (χ0v) is 14.2. The van der Waals surface area contributed by atoms with Crippen molar-refractivity contribution in [2.24, 2.45) is 0 Å².